The number of aromatic nitrogens is 2. The molecule has 3 aromatic rings. The number of nitrogens with one attached hydrogen (secondary N) is 1. The lowest BCUT2D eigenvalue weighted by Gasteiger charge is -2.14. The standard InChI is InChI=1S/C20H23N3OS/c1-2-24-19-10-9-16-7-3-4-8-17(16)18(19)15-21-11-6-14-25-20-22-12-5-13-23-20/h3-5,7-10,12-13,21H,2,6,11,14-15H2,1H3. The largest absolute Gasteiger partial charge is 0.494 e. The second-order valence-corrected chi connectivity index (χ2v) is 6.67. The summed E-state index contributed by atoms with van der Waals surface area (Å²) in [4.78, 5) is 8.45. The number of rotatable bonds is 9. The summed E-state index contributed by atoms with van der Waals surface area (Å²) in [7, 11) is 0. The Morgan fingerprint density at radius 2 is 1.88 bits per heavy atom. The molecular formula is C20H23N3OS. The molecule has 4 nitrogen and oxygen atoms in total. The predicted octanol–water partition coefficient (Wildman–Crippen LogP) is 4.30. The molecular weight excluding hydrogens is 330 g/mol. The normalized spacial score (nSPS) is 10.9. The molecule has 0 aliphatic carbocycles. The average molecular weight is 353 g/mol. The van der Waals surface area contributed by atoms with E-state index in [0.717, 1.165) is 36.2 Å². The number of thioether (sulfide) groups is 1. The molecule has 0 atom stereocenters. The molecule has 0 fully saturated rings. The third-order valence-electron chi connectivity index (χ3n) is 3.87. The minimum absolute atomic E-state index is 0.680. The van der Waals surface area contributed by atoms with Crippen LogP contribution in [0.4, 0.5) is 0 Å². The van der Waals surface area contributed by atoms with Gasteiger partial charge in [-0.3, -0.25) is 0 Å². The Kier molecular flexibility index (Phi) is 6.65. The SMILES string of the molecule is CCOc1ccc2ccccc2c1CNCCCSc1ncccn1. The van der Waals surface area contributed by atoms with Gasteiger partial charge in [0.05, 0.1) is 6.61 Å². The van der Waals surface area contributed by atoms with Crippen LogP contribution >= 0.6 is 11.8 Å². The fourth-order valence-corrected chi connectivity index (χ4v) is 3.47. The maximum atomic E-state index is 5.82. The monoisotopic (exact) mass is 353 g/mol. The van der Waals surface area contributed by atoms with Gasteiger partial charge in [-0.15, -0.1) is 0 Å². The van der Waals surface area contributed by atoms with Crippen LogP contribution in [0.5, 0.6) is 5.75 Å². The van der Waals surface area contributed by atoms with Crippen LogP contribution in [0.25, 0.3) is 10.8 Å². The molecule has 0 spiro atoms. The lowest BCUT2D eigenvalue weighted by atomic mass is 10.0. The smallest absolute Gasteiger partial charge is 0.187 e. The molecule has 0 unspecified atom stereocenters. The highest BCUT2D eigenvalue weighted by Crippen LogP contribution is 2.28. The Hall–Kier alpha value is -2.11. The molecule has 25 heavy (non-hydrogen) atoms. The highest BCUT2D eigenvalue weighted by Gasteiger charge is 2.08. The van der Waals surface area contributed by atoms with E-state index in [4.69, 9.17) is 4.74 Å². The third-order valence-corrected chi connectivity index (χ3v) is 4.83. The van der Waals surface area contributed by atoms with Crippen molar-refractivity contribution >= 4 is 22.5 Å². The molecule has 0 aliphatic heterocycles. The number of nitrogens with zero attached hydrogens (tertiary/aromatic N) is 2. The van der Waals surface area contributed by atoms with Crippen LogP contribution in [0.1, 0.15) is 18.9 Å². The van der Waals surface area contributed by atoms with Gasteiger partial charge in [0.15, 0.2) is 5.16 Å². The Labute approximate surface area is 153 Å². The van der Waals surface area contributed by atoms with Crippen LogP contribution in [0.15, 0.2) is 60.0 Å². The summed E-state index contributed by atoms with van der Waals surface area (Å²) in [5.74, 6) is 1.98. The van der Waals surface area contributed by atoms with Crippen molar-refractivity contribution in [3.8, 4) is 5.75 Å². The van der Waals surface area contributed by atoms with E-state index in [2.05, 4.69) is 51.7 Å². The Bertz CT molecular complexity index is 795. The van der Waals surface area contributed by atoms with E-state index in [-0.39, 0.29) is 0 Å². The van der Waals surface area contributed by atoms with E-state index < -0.39 is 0 Å². The lowest BCUT2D eigenvalue weighted by Crippen LogP contribution is -2.16. The van der Waals surface area contributed by atoms with Crippen molar-refractivity contribution in [2.24, 2.45) is 0 Å². The molecule has 2 aromatic carbocycles. The van der Waals surface area contributed by atoms with Crippen LogP contribution in [-0.4, -0.2) is 28.9 Å². The first kappa shape index (κ1) is 17.7. The van der Waals surface area contributed by atoms with Crippen molar-refractivity contribution < 1.29 is 4.74 Å². The summed E-state index contributed by atoms with van der Waals surface area (Å²) in [6.07, 6.45) is 4.63. The van der Waals surface area contributed by atoms with Gasteiger partial charge in [-0.2, -0.15) is 0 Å². The van der Waals surface area contributed by atoms with E-state index in [9.17, 15) is 0 Å². The number of hydrogen-bond acceptors (Lipinski definition) is 5. The number of ether oxygens (including phenoxy) is 1. The van der Waals surface area contributed by atoms with Gasteiger partial charge < -0.3 is 10.1 Å². The first-order chi connectivity index (χ1) is 12.4. The maximum absolute atomic E-state index is 5.82. The second-order valence-electron chi connectivity index (χ2n) is 5.61. The Morgan fingerprint density at radius 1 is 1.04 bits per heavy atom. The quantitative estimate of drug-likeness (QED) is 0.353. The molecule has 1 heterocycles. The lowest BCUT2D eigenvalue weighted by molar-refractivity contribution is 0.336. The Balaban J connectivity index is 1.54. The molecule has 0 radical (unpaired) electrons. The maximum Gasteiger partial charge on any atom is 0.187 e. The van der Waals surface area contributed by atoms with E-state index >= 15 is 0 Å². The van der Waals surface area contributed by atoms with Crippen molar-refractivity contribution in [3.05, 3.63) is 60.4 Å². The number of benzene rings is 2. The molecule has 1 aromatic heterocycles. The van der Waals surface area contributed by atoms with Crippen molar-refractivity contribution in [2.45, 2.75) is 25.0 Å². The van der Waals surface area contributed by atoms with Crippen molar-refractivity contribution in [2.75, 3.05) is 18.9 Å². The van der Waals surface area contributed by atoms with Crippen LogP contribution in [-0.2, 0) is 6.54 Å². The zero-order chi connectivity index (χ0) is 17.3. The van der Waals surface area contributed by atoms with Gasteiger partial charge in [0.1, 0.15) is 5.75 Å². The fourth-order valence-electron chi connectivity index (χ4n) is 2.72. The average Bonchev–Trinajstić information content (AvgIpc) is 2.66. The highest BCUT2D eigenvalue weighted by atomic mass is 32.2. The molecule has 0 saturated carbocycles. The highest BCUT2D eigenvalue weighted by molar-refractivity contribution is 7.99. The molecule has 3 rings (SSSR count). The first-order valence-electron chi connectivity index (χ1n) is 8.62. The zero-order valence-electron chi connectivity index (χ0n) is 14.4. The summed E-state index contributed by atoms with van der Waals surface area (Å²) in [5.41, 5.74) is 1.24. The molecule has 130 valence electrons. The molecule has 0 bridgehead atoms. The van der Waals surface area contributed by atoms with E-state index in [1.807, 2.05) is 13.0 Å². The van der Waals surface area contributed by atoms with Crippen LogP contribution < -0.4 is 10.1 Å². The van der Waals surface area contributed by atoms with Gasteiger partial charge in [0, 0.05) is 30.3 Å². The minimum Gasteiger partial charge on any atom is -0.494 e. The summed E-state index contributed by atoms with van der Waals surface area (Å²) in [6, 6.07) is 14.5. The van der Waals surface area contributed by atoms with E-state index in [1.165, 1.54) is 16.3 Å². The molecule has 0 amide bonds. The number of fused-ring (bicyclic) bond motifs is 1. The molecule has 1 N–H and O–H groups in total. The van der Waals surface area contributed by atoms with Gasteiger partial charge >= 0.3 is 0 Å². The third kappa shape index (κ3) is 4.94. The van der Waals surface area contributed by atoms with Gasteiger partial charge in [-0.1, -0.05) is 42.1 Å². The van der Waals surface area contributed by atoms with Gasteiger partial charge in [-0.05, 0) is 42.8 Å². The van der Waals surface area contributed by atoms with Gasteiger partial charge in [0.25, 0.3) is 0 Å². The molecule has 0 saturated heterocycles. The predicted molar refractivity (Wildman–Crippen MR) is 104 cm³/mol. The van der Waals surface area contributed by atoms with Gasteiger partial charge in [0.2, 0.25) is 0 Å². The van der Waals surface area contributed by atoms with Gasteiger partial charge in [-0.25, -0.2) is 9.97 Å². The summed E-state index contributed by atoms with van der Waals surface area (Å²) < 4.78 is 5.82. The van der Waals surface area contributed by atoms with Crippen molar-refractivity contribution in [1.82, 2.24) is 15.3 Å². The number of hydrogen-bond donors (Lipinski definition) is 1. The summed E-state index contributed by atoms with van der Waals surface area (Å²) in [5, 5.41) is 6.89. The van der Waals surface area contributed by atoms with Crippen molar-refractivity contribution in [3.63, 3.8) is 0 Å². The van der Waals surface area contributed by atoms with Crippen LogP contribution in [0, 0.1) is 0 Å². The second kappa shape index (κ2) is 9.39. The Morgan fingerprint density at radius 3 is 2.72 bits per heavy atom. The van der Waals surface area contributed by atoms with Crippen LogP contribution in [0.2, 0.25) is 0 Å². The fraction of sp³-hybridized carbons (Fsp3) is 0.300. The molecule has 0 aliphatic rings. The first-order valence-corrected chi connectivity index (χ1v) is 9.61. The molecule has 5 heteroatoms. The summed E-state index contributed by atoms with van der Waals surface area (Å²) in [6.45, 7) is 4.46. The van der Waals surface area contributed by atoms with Crippen molar-refractivity contribution in [1.29, 1.82) is 0 Å². The van der Waals surface area contributed by atoms with E-state index in [0.29, 0.717) is 6.61 Å². The minimum atomic E-state index is 0.680. The topological polar surface area (TPSA) is 47.0 Å². The van der Waals surface area contributed by atoms with E-state index in [1.54, 1.807) is 24.2 Å². The zero-order valence-corrected chi connectivity index (χ0v) is 15.3. The summed E-state index contributed by atoms with van der Waals surface area (Å²) >= 11 is 1.69. The van der Waals surface area contributed by atoms with Crippen LogP contribution in [0.3, 0.4) is 0 Å².